The molecule has 1 unspecified atom stereocenters. The van der Waals surface area contributed by atoms with E-state index in [0.717, 1.165) is 12.1 Å². The van der Waals surface area contributed by atoms with Crippen molar-refractivity contribution in [1.29, 1.82) is 0 Å². The third kappa shape index (κ3) is 4.94. The van der Waals surface area contributed by atoms with E-state index in [1.165, 1.54) is 5.56 Å². The highest BCUT2D eigenvalue weighted by molar-refractivity contribution is 5.94. The lowest BCUT2D eigenvalue weighted by Crippen LogP contribution is -2.32. The number of amides is 1. The van der Waals surface area contributed by atoms with E-state index in [1.54, 1.807) is 6.92 Å². The Morgan fingerprint density at radius 3 is 2.19 bits per heavy atom. The monoisotopic (exact) mass is 222 g/mol. The van der Waals surface area contributed by atoms with Crippen LogP contribution >= 0.6 is 0 Å². The number of aryl methyl sites for hydroxylation is 1. The lowest BCUT2D eigenvalue weighted by Gasteiger charge is -2.07. The van der Waals surface area contributed by atoms with Crippen LogP contribution in [0.25, 0.3) is 0 Å². The number of carbonyl (C=O) groups is 1. The average Bonchev–Trinajstić information content (AvgIpc) is 2.32. The van der Waals surface area contributed by atoms with Crippen molar-refractivity contribution in [1.82, 2.24) is 0 Å². The van der Waals surface area contributed by atoms with E-state index in [9.17, 15) is 4.79 Å². The fraction of sp³-hybridized carbons (Fsp3) is 0.462. The molecular weight excluding hydrogens is 200 g/mol. The molecule has 0 saturated heterocycles. The second-order valence-corrected chi connectivity index (χ2v) is 3.33. The molecule has 1 amide bonds. The maximum atomic E-state index is 11.2. The van der Waals surface area contributed by atoms with Gasteiger partial charge in [-0.3, -0.25) is 4.79 Å². The second-order valence-electron chi connectivity index (χ2n) is 3.33. The molecule has 0 aliphatic rings. The summed E-state index contributed by atoms with van der Waals surface area (Å²) in [4.78, 5) is 11.2. The summed E-state index contributed by atoms with van der Waals surface area (Å²) in [5, 5.41) is 2.73. The van der Waals surface area contributed by atoms with Crippen molar-refractivity contribution in [3.8, 4) is 0 Å². The van der Waals surface area contributed by atoms with Gasteiger partial charge in [0.05, 0.1) is 6.04 Å². The number of rotatable bonds is 3. The first-order valence-electron chi connectivity index (χ1n) is 5.79. The minimum atomic E-state index is -0.471. The molecule has 0 radical (unpaired) electrons. The van der Waals surface area contributed by atoms with Crippen molar-refractivity contribution in [2.45, 2.75) is 40.2 Å². The largest absolute Gasteiger partial charge is 0.325 e. The Morgan fingerprint density at radius 2 is 1.81 bits per heavy atom. The van der Waals surface area contributed by atoms with Gasteiger partial charge < -0.3 is 11.1 Å². The highest BCUT2D eigenvalue weighted by Gasteiger charge is 2.06. The first kappa shape index (κ1) is 14.6. The van der Waals surface area contributed by atoms with Gasteiger partial charge in [0.25, 0.3) is 0 Å². The van der Waals surface area contributed by atoms with Crippen molar-refractivity contribution < 1.29 is 4.79 Å². The molecule has 16 heavy (non-hydrogen) atoms. The van der Waals surface area contributed by atoms with E-state index in [0.29, 0.717) is 0 Å². The molecule has 1 rings (SSSR count). The van der Waals surface area contributed by atoms with Gasteiger partial charge in [-0.25, -0.2) is 0 Å². The van der Waals surface area contributed by atoms with Crippen LogP contribution in [0.3, 0.4) is 0 Å². The lowest BCUT2D eigenvalue weighted by molar-refractivity contribution is -0.117. The average molecular weight is 222 g/mol. The fourth-order valence-corrected chi connectivity index (χ4v) is 1.08. The number of hydrogen-bond acceptors (Lipinski definition) is 2. The smallest absolute Gasteiger partial charge is 0.240 e. The summed E-state index contributed by atoms with van der Waals surface area (Å²) >= 11 is 0. The normalized spacial score (nSPS) is 11.1. The maximum Gasteiger partial charge on any atom is 0.240 e. The molecule has 1 aromatic rings. The summed E-state index contributed by atoms with van der Waals surface area (Å²) in [6, 6.07) is 7.30. The van der Waals surface area contributed by atoms with Crippen molar-refractivity contribution in [3.63, 3.8) is 0 Å². The van der Waals surface area contributed by atoms with Gasteiger partial charge in [-0.2, -0.15) is 0 Å². The van der Waals surface area contributed by atoms with Gasteiger partial charge in [-0.05, 0) is 31.0 Å². The van der Waals surface area contributed by atoms with Crippen molar-refractivity contribution in [2.24, 2.45) is 5.73 Å². The van der Waals surface area contributed by atoms with Crippen LogP contribution in [0, 0.1) is 0 Å². The van der Waals surface area contributed by atoms with Gasteiger partial charge in [0, 0.05) is 5.69 Å². The van der Waals surface area contributed by atoms with Crippen molar-refractivity contribution in [3.05, 3.63) is 29.8 Å². The van der Waals surface area contributed by atoms with Crippen molar-refractivity contribution in [2.75, 3.05) is 5.32 Å². The van der Waals surface area contributed by atoms with Gasteiger partial charge >= 0.3 is 0 Å². The Kier molecular flexibility index (Phi) is 7.21. The summed E-state index contributed by atoms with van der Waals surface area (Å²) in [5.41, 5.74) is 7.48. The third-order valence-electron chi connectivity index (χ3n) is 2.04. The van der Waals surface area contributed by atoms with E-state index in [4.69, 9.17) is 5.73 Å². The molecule has 1 atom stereocenters. The van der Waals surface area contributed by atoms with E-state index >= 15 is 0 Å². The summed E-state index contributed by atoms with van der Waals surface area (Å²) < 4.78 is 0. The van der Waals surface area contributed by atoms with Gasteiger partial charge in [0.1, 0.15) is 0 Å². The minimum Gasteiger partial charge on any atom is -0.325 e. The Balaban J connectivity index is 0.00000106. The number of anilines is 1. The summed E-state index contributed by atoms with van der Waals surface area (Å²) in [5.74, 6) is -0.158. The van der Waals surface area contributed by atoms with Crippen LogP contribution in [0.1, 0.15) is 33.3 Å². The van der Waals surface area contributed by atoms with Gasteiger partial charge in [-0.15, -0.1) is 0 Å². The zero-order valence-electron chi connectivity index (χ0n) is 10.6. The Hall–Kier alpha value is -1.35. The Bertz CT molecular complexity index is 304. The molecule has 0 spiro atoms. The Morgan fingerprint density at radius 1 is 1.31 bits per heavy atom. The number of carbonyl (C=O) groups excluding carboxylic acids is 1. The van der Waals surface area contributed by atoms with E-state index in [2.05, 4.69) is 12.2 Å². The molecule has 3 N–H and O–H groups in total. The standard InChI is InChI=1S/C11H16N2O.C2H6/c1-3-9-4-6-10(7-5-9)13-11(14)8(2)12;1-2/h4-8H,3,12H2,1-2H3,(H,13,14);1-2H3. The molecule has 3 nitrogen and oxygen atoms in total. The first-order valence-corrected chi connectivity index (χ1v) is 5.79. The molecule has 0 aromatic heterocycles. The highest BCUT2D eigenvalue weighted by Crippen LogP contribution is 2.09. The molecule has 3 heteroatoms. The molecule has 0 fully saturated rings. The van der Waals surface area contributed by atoms with Crippen LogP contribution in [0.15, 0.2) is 24.3 Å². The quantitative estimate of drug-likeness (QED) is 0.825. The minimum absolute atomic E-state index is 0.158. The van der Waals surface area contributed by atoms with Gasteiger partial charge in [0.15, 0.2) is 0 Å². The number of nitrogens with two attached hydrogens (primary N) is 1. The van der Waals surface area contributed by atoms with Crippen LogP contribution in [0.4, 0.5) is 5.69 Å². The molecular formula is C13H22N2O. The predicted molar refractivity (Wildman–Crippen MR) is 69.4 cm³/mol. The van der Waals surface area contributed by atoms with Crippen LogP contribution in [0.2, 0.25) is 0 Å². The van der Waals surface area contributed by atoms with Crippen LogP contribution in [-0.4, -0.2) is 11.9 Å². The van der Waals surface area contributed by atoms with Crippen LogP contribution in [-0.2, 0) is 11.2 Å². The van der Waals surface area contributed by atoms with Crippen molar-refractivity contribution >= 4 is 11.6 Å². The van der Waals surface area contributed by atoms with E-state index in [1.807, 2.05) is 38.1 Å². The first-order chi connectivity index (χ1) is 7.63. The number of nitrogens with one attached hydrogen (secondary N) is 1. The van der Waals surface area contributed by atoms with Crippen LogP contribution < -0.4 is 11.1 Å². The molecule has 90 valence electrons. The zero-order chi connectivity index (χ0) is 12.6. The maximum absolute atomic E-state index is 11.2. The third-order valence-corrected chi connectivity index (χ3v) is 2.04. The fourth-order valence-electron chi connectivity index (χ4n) is 1.08. The summed E-state index contributed by atoms with van der Waals surface area (Å²) in [6.07, 6.45) is 1.00. The van der Waals surface area contributed by atoms with Crippen LogP contribution in [0.5, 0.6) is 0 Å². The summed E-state index contributed by atoms with van der Waals surface area (Å²) in [6.45, 7) is 7.76. The Labute approximate surface area is 98.0 Å². The molecule has 0 bridgehead atoms. The van der Waals surface area contributed by atoms with E-state index in [-0.39, 0.29) is 5.91 Å². The van der Waals surface area contributed by atoms with Gasteiger partial charge in [-0.1, -0.05) is 32.9 Å². The number of benzene rings is 1. The van der Waals surface area contributed by atoms with Gasteiger partial charge in [0.2, 0.25) is 5.91 Å². The lowest BCUT2D eigenvalue weighted by atomic mass is 10.1. The molecule has 0 aliphatic carbocycles. The molecule has 0 aliphatic heterocycles. The summed E-state index contributed by atoms with van der Waals surface area (Å²) in [7, 11) is 0. The second kappa shape index (κ2) is 7.88. The topological polar surface area (TPSA) is 55.1 Å². The molecule has 0 saturated carbocycles. The SMILES string of the molecule is CC.CCc1ccc(NC(=O)C(C)N)cc1. The zero-order valence-corrected chi connectivity index (χ0v) is 10.6. The predicted octanol–water partition coefficient (Wildman–Crippen LogP) is 2.56. The number of hydrogen-bond donors (Lipinski definition) is 2. The highest BCUT2D eigenvalue weighted by atomic mass is 16.2. The molecule has 1 aromatic carbocycles. The molecule has 0 heterocycles. The van der Waals surface area contributed by atoms with E-state index < -0.39 is 6.04 Å².